The van der Waals surface area contributed by atoms with Gasteiger partial charge in [0.25, 0.3) is 11.6 Å². The van der Waals surface area contributed by atoms with E-state index in [2.05, 4.69) is 5.32 Å². The second-order valence-electron chi connectivity index (χ2n) is 5.28. The Morgan fingerprint density at radius 2 is 2.09 bits per heavy atom. The van der Waals surface area contributed by atoms with E-state index in [-0.39, 0.29) is 35.6 Å². The van der Waals surface area contributed by atoms with E-state index in [0.717, 1.165) is 43.9 Å². The molecular formula is C14H19ClFN3O3. The van der Waals surface area contributed by atoms with E-state index in [9.17, 15) is 19.3 Å². The van der Waals surface area contributed by atoms with Crippen molar-refractivity contribution in [2.24, 2.45) is 11.7 Å². The second kappa shape index (κ2) is 8.05. The number of amides is 1. The lowest BCUT2D eigenvalue weighted by molar-refractivity contribution is -0.385. The van der Waals surface area contributed by atoms with Gasteiger partial charge in [-0.05, 0) is 31.4 Å². The molecule has 6 nitrogen and oxygen atoms in total. The Hall–Kier alpha value is -1.73. The fourth-order valence-corrected chi connectivity index (χ4v) is 2.73. The van der Waals surface area contributed by atoms with E-state index in [4.69, 9.17) is 5.73 Å². The number of halogens is 2. The van der Waals surface area contributed by atoms with Crippen molar-refractivity contribution in [2.45, 2.75) is 31.7 Å². The van der Waals surface area contributed by atoms with Gasteiger partial charge in [0.1, 0.15) is 5.82 Å². The normalized spacial score (nSPS) is 20.8. The van der Waals surface area contributed by atoms with Crippen LogP contribution in [-0.2, 0) is 0 Å². The number of nitrogens with one attached hydrogen (secondary N) is 1. The summed E-state index contributed by atoms with van der Waals surface area (Å²) in [6.07, 6.45) is 3.86. The highest BCUT2D eigenvalue weighted by Gasteiger charge is 2.26. The molecular weight excluding hydrogens is 313 g/mol. The van der Waals surface area contributed by atoms with E-state index < -0.39 is 16.6 Å². The topological polar surface area (TPSA) is 98.3 Å². The van der Waals surface area contributed by atoms with E-state index in [1.54, 1.807) is 0 Å². The summed E-state index contributed by atoms with van der Waals surface area (Å²) >= 11 is 0. The first kappa shape index (κ1) is 18.3. The quantitative estimate of drug-likeness (QED) is 0.653. The Kier molecular flexibility index (Phi) is 6.70. The molecule has 1 amide bonds. The molecule has 1 aromatic rings. The van der Waals surface area contributed by atoms with E-state index in [0.29, 0.717) is 6.54 Å². The number of nitro groups is 1. The summed E-state index contributed by atoms with van der Waals surface area (Å²) in [5, 5.41) is 13.4. The van der Waals surface area contributed by atoms with Crippen molar-refractivity contribution in [3.05, 3.63) is 39.7 Å². The minimum Gasteiger partial charge on any atom is -0.349 e. The monoisotopic (exact) mass is 331 g/mol. The highest BCUT2D eigenvalue weighted by atomic mass is 35.5. The Balaban J connectivity index is 0.00000242. The molecule has 1 aromatic carbocycles. The molecule has 0 aromatic heterocycles. The Morgan fingerprint density at radius 3 is 2.68 bits per heavy atom. The van der Waals surface area contributed by atoms with Crippen LogP contribution in [0.3, 0.4) is 0 Å². The summed E-state index contributed by atoms with van der Waals surface area (Å²) < 4.78 is 13.8. The minimum absolute atomic E-state index is 0. The molecule has 22 heavy (non-hydrogen) atoms. The van der Waals surface area contributed by atoms with E-state index in [1.807, 2.05) is 0 Å². The van der Waals surface area contributed by atoms with Crippen LogP contribution in [0.2, 0.25) is 0 Å². The Bertz CT molecular complexity index is 556. The number of non-ortho nitro benzene ring substituents is 1. The molecule has 8 heteroatoms. The molecule has 2 rings (SSSR count). The maximum Gasteiger partial charge on any atom is 0.272 e. The Morgan fingerprint density at radius 1 is 1.41 bits per heavy atom. The molecule has 1 fully saturated rings. The summed E-state index contributed by atoms with van der Waals surface area (Å²) in [5.74, 6) is -1.24. The third-order valence-electron chi connectivity index (χ3n) is 3.94. The fourth-order valence-electron chi connectivity index (χ4n) is 2.73. The number of carbonyl (C=O) groups is 1. The predicted molar refractivity (Wildman–Crippen MR) is 82.6 cm³/mol. The highest BCUT2D eigenvalue weighted by molar-refractivity contribution is 5.94. The number of hydrogen-bond donors (Lipinski definition) is 2. The average Bonchev–Trinajstić information content (AvgIpc) is 2.47. The molecule has 2 atom stereocenters. The van der Waals surface area contributed by atoms with Crippen LogP contribution in [-0.4, -0.2) is 23.4 Å². The first-order chi connectivity index (χ1) is 10.0. The van der Waals surface area contributed by atoms with Crippen LogP contribution < -0.4 is 11.1 Å². The average molecular weight is 332 g/mol. The van der Waals surface area contributed by atoms with Gasteiger partial charge in [-0.15, -0.1) is 12.4 Å². The molecule has 122 valence electrons. The lowest BCUT2D eigenvalue weighted by Crippen LogP contribution is -2.44. The number of nitrogens with two attached hydrogens (primary N) is 1. The van der Waals surface area contributed by atoms with Gasteiger partial charge in [0.2, 0.25) is 0 Å². The van der Waals surface area contributed by atoms with Crippen LogP contribution in [0.15, 0.2) is 18.2 Å². The van der Waals surface area contributed by atoms with Gasteiger partial charge >= 0.3 is 0 Å². The van der Waals surface area contributed by atoms with Crippen LogP contribution in [0.5, 0.6) is 0 Å². The third-order valence-corrected chi connectivity index (χ3v) is 3.94. The van der Waals surface area contributed by atoms with Crippen molar-refractivity contribution in [1.82, 2.24) is 5.32 Å². The molecule has 0 heterocycles. The van der Waals surface area contributed by atoms with Crippen molar-refractivity contribution in [3.63, 3.8) is 0 Å². The van der Waals surface area contributed by atoms with Crippen molar-refractivity contribution < 1.29 is 14.1 Å². The zero-order valence-electron chi connectivity index (χ0n) is 12.0. The standard InChI is InChI=1S/C14H18FN3O3.ClH/c15-12-7-10(18(20)21)5-6-11(12)14(19)17-13-4-2-1-3-9(13)8-16;/h5-7,9,13H,1-4,8,16H2,(H,17,19);1H. The number of nitro benzene ring substituents is 1. The third kappa shape index (κ3) is 4.14. The van der Waals surface area contributed by atoms with Gasteiger partial charge in [0, 0.05) is 12.1 Å². The molecule has 3 N–H and O–H groups in total. The first-order valence-electron chi connectivity index (χ1n) is 6.97. The zero-order valence-corrected chi connectivity index (χ0v) is 12.8. The number of benzene rings is 1. The maximum atomic E-state index is 13.8. The van der Waals surface area contributed by atoms with Gasteiger partial charge in [-0.2, -0.15) is 0 Å². The van der Waals surface area contributed by atoms with Crippen LogP contribution >= 0.6 is 12.4 Å². The number of nitrogens with zero attached hydrogens (tertiary/aromatic N) is 1. The van der Waals surface area contributed by atoms with Gasteiger partial charge in [-0.1, -0.05) is 12.8 Å². The van der Waals surface area contributed by atoms with E-state index in [1.165, 1.54) is 0 Å². The van der Waals surface area contributed by atoms with Crippen molar-refractivity contribution >= 4 is 24.0 Å². The number of hydrogen-bond acceptors (Lipinski definition) is 4. The van der Waals surface area contributed by atoms with Crippen molar-refractivity contribution in [2.75, 3.05) is 6.54 Å². The van der Waals surface area contributed by atoms with E-state index >= 15 is 0 Å². The molecule has 2 unspecified atom stereocenters. The highest BCUT2D eigenvalue weighted by Crippen LogP contribution is 2.24. The molecule has 1 saturated carbocycles. The number of rotatable bonds is 4. The summed E-state index contributed by atoms with van der Waals surface area (Å²) in [4.78, 5) is 22.0. The van der Waals surface area contributed by atoms with Gasteiger partial charge in [-0.25, -0.2) is 4.39 Å². The van der Waals surface area contributed by atoms with Crippen LogP contribution in [0.1, 0.15) is 36.0 Å². The lowest BCUT2D eigenvalue weighted by atomic mass is 9.84. The molecule has 0 spiro atoms. The van der Waals surface area contributed by atoms with Crippen LogP contribution in [0.25, 0.3) is 0 Å². The molecule has 0 radical (unpaired) electrons. The summed E-state index contributed by atoms with van der Waals surface area (Å²) in [6, 6.07) is 2.96. The van der Waals surface area contributed by atoms with Crippen LogP contribution in [0, 0.1) is 21.8 Å². The van der Waals surface area contributed by atoms with Gasteiger partial charge in [-0.3, -0.25) is 14.9 Å². The zero-order chi connectivity index (χ0) is 15.4. The molecule has 1 aliphatic carbocycles. The SMILES string of the molecule is Cl.NCC1CCCCC1NC(=O)c1ccc([N+](=O)[O-])cc1F. The summed E-state index contributed by atoms with van der Waals surface area (Å²) in [6.45, 7) is 0.480. The first-order valence-corrected chi connectivity index (χ1v) is 6.97. The number of carbonyl (C=O) groups excluding carboxylic acids is 1. The molecule has 0 bridgehead atoms. The lowest BCUT2D eigenvalue weighted by Gasteiger charge is -2.31. The summed E-state index contributed by atoms with van der Waals surface area (Å²) in [5.41, 5.74) is 5.14. The maximum absolute atomic E-state index is 13.8. The van der Waals surface area contributed by atoms with Crippen LogP contribution in [0.4, 0.5) is 10.1 Å². The Labute approximate surface area is 133 Å². The van der Waals surface area contributed by atoms with Crippen molar-refractivity contribution in [1.29, 1.82) is 0 Å². The van der Waals surface area contributed by atoms with Crippen molar-refractivity contribution in [3.8, 4) is 0 Å². The summed E-state index contributed by atoms with van der Waals surface area (Å²) in [7, 11) is 0. The van der Waals surface area contributed by atoms with Gasteiger partial charge < -0.3 is 11.1 Å². The predicted octanol–water partition coefficient (Wildman–Crippen LogP) is 2.40. The van der Waals surface area contributed by atoms with Gasteiger partial charge in [0.15, 0.2) is 0 Å². The fraction of sp³-hybridized carbons (Fsp3) is 0.500. The minimum atomic E-state index is -0.887. The second-order valence-corrected chi connectivity index (χ2v) is 5.28. The van der Waals surface area contributed by atoms with Gasteiger partial charge in [0.05, 0.1) is 16.6 Å². The molecule has 0 aliphatic heterocycles. The smallest absolute Gasteiger partial charge is 0.272 e. The molecule has 1 aliphatic rings. The molecule has 0 saturated heterocycles. The largest absolute Gasteiger partial charge is 0.349 e.